The van der Waals surface area contributed by atoms with Gasteiger partial charge >= 0.3 is 0 Å². The molecule has 0 saturated carbocycles. The number of ether oxygens (including phenoxy) is 1. The van der Waals surface area contributed by atoms with Crippen molar-refractivity contribution in [1.29, 1.82) is 0 Å². The molecule has 1 atom stereocenters. The standard InChI is InChI=1S/C20H22N2OS.BrH/c1-3-14(2)17-11-16(18-13-24-20(21)22-18)9-10-19(17)23-12-15-7-5-4-6-8-15;/h4-11,13-14H,3,12H2,1-2H3,(H2,21,22);1H. The topological polar surface area (TPSA) is 48.1 Å². The van der Waals surface area contributed by atoms with Crippen LogP contribution >= 0.6 is 28.3 Å². The van der Waals surface area contributed by atoms with Crippen molar-refractivity contribution in [2.45, 2.75) is 32.8 Å². The van der Waals surface area contributed by atoms with Crippen LogP contribution in [0, 0.1) is 0 Å². The molecule has 1 heterocycles. The zero-order chi connectivity index (χ0) is 16.9. The molecule has 2 aromatic carbocycles. The Balaban J connectivity index is 0.00000225. The number of aromatic nitrogens is 1. The van der Waals surface area contributed by atoms with E-state index in [2.05, 4.69) is 49.2 Å². The van der Waals surface area contributed by atoms with Crippen molar-refractivity contribution in [3.8, 4) is 17.0 Å². The number of nitrogens with two attached hydrogens (primary N) is 1. The highest BCUT2D eigenvalue weighted by Gasteiger charge is 2.13. The fourth-order valence-electron chi connectivity index (χ4n) is 2.60. The third kappa shape index (κ3) is 4.83. The lowest BCUT2D eigenvalue weighted by molar-refractivity contribution is 0.301. The summed E-state index contributed by atoms with van der Waals surface area (Å²) >= 11 is 1.47. The molecule has 0 spiro atoms. The van der Waals surface area contributed by atoms with Crippen LogP contribution in [-0.4, -0.2) is 4.98 Å². The maximum atomic E-state index is 6.10. The Hall–Kier alpha value is -1.85. The Kier molecular flexibility index (Phi) is 7.02. The predicted molar refractivity (Wildman–Crippen MR) is 112 cm³/mol. The summed E-state index contributed by atoms with van der Waals surface area (Å²) in [5.74, 6) is 1.37. The second-order valence-corrected chi connectivity index (χ2v) is 6.80. The van der Waals surface area contributed by atoms with Crippen LogP contribution in [0.2, 0.25) is 0 Å². The molecule has 3 aromatic rings. The van der Waals surface area contributed by atoms with Gasteiger partial charge in [0.15, 0.2) is 5.13 Å². The minimum absolute atomic E-state index is 0. The van der Waals surface area contributed by atoms with Gasteiger partial charge in [-0.25, -0.2) is 4.98 Å². The van der Waals surface area contributed by atoms with E-state index in [-0.39, 0.29) is 17.0 Å². The van der Waals surface area contributed by atoms with E-state index < -0.39 is 0 Å². The highest BCUT2D eigenvalue weighted by atomic mass is 79.9. The zero-order valence-electron chi connectivity index (χ0n) is 14.4. The molecule has 2 N–H and O–H groups in total. The highest BCUT2D eigenvalue weighted by molar-refractivity contribution is 8.93. The van der Waals surface area contributed by atoms with Gasteiger partial charge in [-0.3, -0.25) is 0 Å². The molecule has 132 valence electrons. The van der Waals surface area contributed by atoms with E-state index in [1.54, 1.807) is 0 Å². The minimum atomic E-state index is 0. The molecular formula is C20H23BrN2OS. The first-order valence-corrected chi connectivity index (χ1v) is 9.07. The Bertz CT molecular complexity index is 804. The number of hydrogen-bond acceptors (Lipinski definition) is 4. The largest absolute Gasteiger partial charge is 0.489 e. The fraction of sp³-hybridized carbons (Fsp3) is 0.250. The van der Waals surface area contributed by atoms with Crippen LogP contribution in [0.4, 0.5) is 5.13 Å². The van der Waals surface area contributed by atoms with Crippen LogP contribution < -0.4 is 10.5 Å². The number of thiazole rings is 1. The summed E-state index contributed by atoms with van der Waals surface area (Å²) in [5, 5.41) is 2.59. The molecule has 0 aliphatic carbocycles. The second-order valence-electron chi connectivity index (χ2n) is 5.91. The van der Waals surface area contributed by atoms with Gasteiger partial charge in [-0.05, 0) is 41.7 Å². The molecule has 0 radical (unpaired) electrons. The van der Waals surface area contributed by atoms with Gasteiger partial charge in [0.2, 0.25) is 0 Å². The van der Waals surface area contributed by atoms with E-state index in [4.69, 9.17) is 10.5 Å². The summed E-state index contributed by atoms with van der Waals surface area (Å²) in [6.45, 7) is 5.00. The third-order valence-corrected chi connectivity index (χ3v) is 4.88. The first-order valence-electron chi connectivity index (χ1n) is 8.19. The first kappa shape index (κ1) is 19.5. The van der Waals surface area contributed by atoms with Crippen molar-refractivity contribution in [2.24, 2.45) is 0 Å². The summed E-state index contributed by atoms with van der Waals surface area (Å²) in [7, 11) is 0. The van der Waals surface area contributed by atoms with Gasteiger partial charge in [0.1, 0.15) is 12.4 Å². The van der Waals surface area contributed by atoms with E-state index in [1.165, 1.54) is 22.5 Å². The van der Waals surface area contributed by atoms with Crippen molar-refractivity contribution in [3.63, 3.8) is 0 Å². The summed E-state index contributed by atoms with van der Waals surface area (Å²) in [6, 6.07) is 16.5. The summed E-state index contributed by atoms with van der Waals surface area (Å²) in [5.41, 5.74) is 10.2. The number of hydrogen-bond donors (Lipinski definition) is 1. The van der Waals surface area contributed by atoms with Crippen molar-refractivity contribution >= 4 is 33.4 Å². The Morgan fingerprint density at radius 3 is 2.56 bits per heavy atom. The van der Waals surface area contributed by atoms with Crippen LogP contribution in [0.15, 0.2) is 53.9 Å². The molecule has 1 aromatic heterocycles. The zero-order valence-corrected chi connectivity index (χ0v) is 17.0. The Labute approximate surface area is 163 Å². The van der Waals surface area contributed by atoms with E-state index in [0.717, 1.165) is 23.4 Å². The van der Waals surface area contributed by atoms with Crippen LogP contribution in [-0.2, 0) is 6.61 Å². The average Bonchev–Trinajstić information content (AvgIpc) is 3.06. The Morgan fingerprint density at radius 1 is 1.16 bits per heavy atom. The number of nitrogen functional groups attached to an aromatic ring is 1. The average molecular weight is 419 g/mol. The number of nitrogens with zero attached hydrogens (tertiary/aromatic N) is 1. The van der Waals surface area contributed by atoms with Crippen molar-refractivity contribution in [1.82, 2.24) is 4.98 Å². The van der Waals surface area contributed by atoms with Crippen LogP contribution in [0.1, 0.15) is 37.3 Å². The van der Waals surface area contributed by atoms with Crippen molar-refractivity contribution in [2.75, 3.05) is 5.73 Å². The maximum Gasteiger partial charge on any atom is 0.180 e. The van der Waals surface area contributed by atoms with Crippen LogP contribution in [0.3, 0.4) is 0 Å². The van der Waals surface area contributed by atoms with E-state index >= 15 is 0 Å². The predicted octanol–water partition coefficient (Wildman–Crippen LogP) is 6.06. The van der Waals surface area contributed by atoms with Gasteiger partial charge in [0.25, 0.3) is 0 Å². The second kappa shape index (κ2) is 9.02. The molecule has 25 heavy (non-hydrogen) atoms. The van der Waals surface area contributed by atoms with E-state index in [9.17, 15) is 0 Å². The third-order valence-electron chi connectivity index (χ3n) is 4.21. The maximum absolute atomic E-state index is 6.10. The molecule has 0 aliphatic heterocycles. The van der Waals surface area contributed by atoms with Gasteiger partial charge in [-0.2, -0.15) is 0 Å². The van der Waals surface area contributed by atoms with Crippen molar-refractivity contribution < 1.29 is 4.74 Å². The molecular weight excluding hydrogens is 396 g/mol. The van der Waals surface area contributed by atoms with E-state index in [1.807, 2.05) is 23.6 Å². The summed E-state index contributed by atoms with van der Waals surface area (Å²) in [4.78, 5) is 4.39. The normalized spacial score (nSPS) is 11.6. The molecule has 0 aliphatic rings. The lowest BCUT2D eigenvalue weighted by Crippen LogP contribution is -2.01. The van der Waals surface area contributed by atoms with Gasteiger partial charge < -0.3 is 10.5 Å². The number of rotatable bonds is 6. The van der Waals surface area contributed by atoms with Crippen LogP contribution in [0.5, 0.6) is 5.75 Å². The van der Waals surface area contributed by atoms with Gasteiger partial charge in [0, 0.05) is 10.9 Å². The number of anilines is 1. The lowest BCUT2D eigenvalue weighted by Gasteiger charge is -2.17. The molecule has 0 fully saturated rings. The van der Waals surface area contributed by atoms with Crippen molar-refractivity contribution in [3.05, 3.63) is 65.0 Å². The monoisotopic (exact) mass is 418 g/mol. The lowest BCUT2D eigenvalue weighted by atomic mass is 9.95. The summed E-state index contributed by atoms with van der Waals surface area (Å²) < 4.78 is 6.10. The smallest absolute Gasteiger partial charge is 0.180 e. The first-order chi connectivity index (χ1) is 11.7. The molecule has 3 nitrogen and oxygen atoms in total. The number of benzene rings is 2. The Morgan fingerprint density at radius 2 is 1.92 bits per heavy atom. The molecule has 0 bridgehead atoms. The molecule has 1 unspecified atom stereocenters. The SMILES string of the molecule is Br.CCC(C)c1cc(-c2csc(N)n2)ccc1OCc1ccccc1. The fourth-order valence-corrected chi connectivity index (χ4v) is 3.17. The number of halogens is 1. The quantitative estimate of drug-likeness (QED) is 0.528. The molecule has 0 amide bonds. The van der Waals surface area contributed by atoms with Crippen LogP contribution in [0.25, 0.3) is 11.3 Å². The highest BCUT2D eigenvalue weighted by Crippen LogP contribution is 2.34. The van der Waals surface area contributed by atoms with E-state index in [0.29, 0.717) is 17.7 Å². The van der Waals surface area contributed by atoms with Gasteiger partial charge in [0.05, 0.1) is 5.69 Å². The minimum Gasteiger partial charge on any atom is -0.489 e. The molecule has 3 rings (SSSR count). The van der Waals surface area contributed by atoms with Gasteiger partial charge in [-0.15, -0.1) is 28.3 Å². The van der Waals surface area contributed by atoms with Gasteiger partial charge in [-0.1, -0.05) is 44.2 Å². The molecule has 5 heteroatoms. The molecule has 0 saturated heterocycles. The summed E-state index contributed by atoms with van der Waals surface area (Å²) in [6.07, 6.45) is 1.06.